The number of rotatable bonds is 5. The summed E-state index contributed by atoms with van der Waals surface area (Å²) in [6.07, 6.45) is 9.73. The van der Waals surface area contributed by atoms with Crippen molar-refractivity contribution in [1.82, 2.24) is 10.2 Å². The highest BCUT2D eigenvalue weighted by Crippen LogP contribution is 2.30. The van der Waals surface area contributed by atoms with E-state index in [2.05, 4.69) is 23.7 Å². The highest BCUT2D eigenvalue weighted by atomic mass is 16.2. The van der Waals surface area contributed by atoms with Gasteiger partial charge in [-0.25, -0.2) is 0 Å². The minimum atomic E-state index is -0.286. The van der Waals surface area contributed by atoms with Gasteiger partial charge in [0, 0.05) is 12.6 Å². The summed E-state index contributed by atoms with van der Waals surface area (Å²) in [7, 11) is 0. The van der Waals surface area contributed by atoms with Crippen molar-refractivity contribution in [3.63, 3.8) is 0 Å². The minimum Gasteiger partial charge on any atom is -0.334 e. The summed E-state index contributed by atoms with van der Waals surface area (Å²) in [5, 5.41) is 3.46. The maximum absolute atomic E-state index is 12.9. The van der Waals surface area contributed by atoms with Crippen molar-refractivity contribution in [3.05, 3.63) is 12.7 Å². The van der Waals surface area contributed by atoms with E-state index in [-0.39, 0.29) is 5.54 Å². The molecule has 1 atom stereocenters. The Labute approximate surface area is 111 Å². The topological polar surface area (TPSA) is 32.3 Å². The van der Waals surface area contributed by atoms with E-state index in [4.69, 9.17) is 0 Å². The average molecular weight is 250 g/mol. The lowest BCUT2D eigenvalue weighted by atomic mass is 9.91. The van der Waals surface area contributed by atoms with Crippen LogP contribution in [0.2, 0.25) is 0 Å². The summed E-state index contributed by atoms with van der Waals surface area (Å²) >= 11 is 0. The number of hydrogen-bond acceptors (Lipinski definition) is 2. The van der Waals surface area contributed by atoms with Crippen molar-refractivity contribution in [2.75, 3.05) is 13.1 Å². The SMILES string of the molecule is C=CCN(C(=O)C1(CC)CCCN1)C1CCCC1. The van der Waals surface area contributed by atoms with E-state index >= 15 is 0 Å². The molecular formula is C15H26N2O. The van der Waals surface area contributed by atoms with E-state index in [0.29, 0.717) is 18.5 Å². The quantitative estimate of drug-likeness (QED) is 0.760. The predicted octanol–water partition coefficient (Wildman–Crippen LogP) is 2.48. The van der Waals surface area contributed by atoms with Gasteiger partial charge < -0.3 is 10.2 Å². The van der Waals surface area contributed by atoms with Gasteiger partial charge >= 0.3 is 0 Å². The Kier molecular flexibility index (Phi) is 4.44. The number of nitrogens with zero attached hydrogens (tertiary/aromatic N) is 1. The molecule has 2 rings (SSSR count). The van der Waals surface area contributed by atoms with Crippen molar-refractivity contribution < 1.29 is 4.79 Å². The second kappa shape index (κ2) is 5.87. The zero-order valence-electron chi connectivity index (χ0n) is 11.6. The first-order valence-corrected chi connectivity index (χ1v) is 7.40. The van der Waals surface area contributed by atoms with Crippen LogP contribution in [0.1, 0.15) is 51.9 Å². The monoisotopic (exact) mass is 250 g/mol. The zero-order chi connectivity index (χ0) is 13.0. The highest BCUT2D eigenvalue weighted by Gasteiger charge is 2.43. The number of nitrogens with one attached hydrogen (secondary N) is 1. The molecule has 102 valence electrons. The molecule has 18 heavy (non-hydrogen) atoms. The Balaban J connectivity index is 2.13. The van der Waals surface area contributed by atoms with Gasteiger partial charge in [-0.3, -0.25) is 4.79 Å². The largest absolute Gasteiger partial charge is 0.334 e. The molecule has 1 unspecified atom stereocenters. The molecule has 1 N–H and O–H groups in total. The summed E-state index contributed by atoms with van der Waals surface area (Å²) in [6.45, 7) is 7.62. The van der Waals surface area contributed by atoms with Crippen molar-refractivity contribution in [2.24, 2.45) is 0 Å². The van der Waals surface area contributed by atoms with Crippen LogP contribution in [-0.2, 0) is 4.79 Å². The molecule has 0 aromatic heterocycles. The highest BCUT2D eigenvalue weighted by molar-refractivity contribution is 5.87. The molecule has 0 aromatic rings. The van der Waals surface area contributed by atoms with Gasteiger partial charge in [0.25, 0.3) is 0 Å². The van der Waals surface area contributed by atoms with Gasteiger partial charge in [-0.2, -0.15) is 0 Å². The van der Waals surface area contributed by atoms with Crippen LogP contribution in [0, 0.1) is 0 Å². The molecule has 1 heterocycles. The van der Waals surface area contributed by atoms with Crippen LogP contribution < -0.4 is 5.32 Å². The predicted molar refractivity (Wildman–Crippen MR) is 74.4 cm³/mol. The Hall–Kier alpha value is -0.830. The first-order valence-electron chi connectivity index (χ1n) is 7.40. The van der Waals surface area contributed by atoms with Crippen molar-refractivity contribution in [1.29, 1.82) is 0 Å². The molecule has 0 bridgehead atoms. The van der Waals surface area contributed by atoms with Gasteiger partial charge in [0.2, 0.25) is 5.91 Å². The van der Waals surface area contributed by atoms with E-state index in [1.165, 1.54) is 25.7 Å². The Morgan fingerprint density at radius 3 is 2.67 bits per heavy atom. The van der Waals surface area contributed by atoms with Gasteiger partial charge in [0.15, 0.2) is 0 Å². The van der Waals surface area contributed by atoms with E-state index in [1.807, 2.05) is 6.08 Å². The van der Waals surface area contributed by atoms with Crippen LogP contribution in [0.25, 0.3) is 0 Å². The molecule has 0 spiro atoms. The average Bonchev–Trinajstić information content (AvgIpc) is 3.06. The van der Waals surface area contributed by atoms with Gasteiger partial charge in [-0.15, -0.1) is 6.58 Å². The summed E-state index contributed by atoms with van der Waals surface area (Å²) in [6, 6.07) is 0.446. The summed E-state index contributed by atoms with van der Waals surface area (Å²) < 4.78 is 0. The van der Waals surface area contributed by atoms with Crippen molar-refractivity contribution >= 4 is 5.91 Å². The molecule has 0 radical (unpaired) electrons. The van der Waals surface area contributed by atoms with E-state index in [1.54, 1.807) is 0 Å². The maximum atomic E-state index is 12.9. The fourth-order valence-corrected chi connectivity index (χ4v) is 3.47. The van der Waals surface area contributed by atoms with Crippen LogP contribution >= 0.6 is 0 Å². The normalized spacial score (nSPS) is 28.5. The molecular weight excluding hydrogens is 224 g/mol. The molecule has 2 aliphatic rings. The van der Waals surface area contributed by atoms with Crippen LogP contribution in [0.15, 0.2) is 12.7 Å². The van der Waals surface area contributed by atoms with Crippen LogP contribution in [0.5, 0.6) is 0 Å². The van der Waals surface area contributed by atoms with Crippen LogP contribution in [-0.4, -0.2) is 35.5 Å². The second-order valence-electron chi connectivity index (χ2n) is 5.65. The molecule has 1 saturated heterocycles. The van der Waals surface area contributed by atoms with Crippen molar-refractivity contribution in [2.45, 2.75) is 63.5 Å². The van der Waals surface area contributed by atoms with E-state index in [9.17, 15) is 4.79 Å². The lowest BCUT2D eigenvalue weighted by Crippen LogP contribution is -2.56. The van der Waals surface area contributed by atoms with Gasteiger partial charge in [-0.1, -0.05) is 25.8 Å². The molecule has 3 heteroatoms. The summed E-state index contributed by atoms with van der Waals surface area (Å²) in [5.41, 5.74) is -0.286. The maximum Gasteiger partial charge on any atom is 0.243 e. The Bertz CT molecular complexity index is 302. The fraction of sp³-hybridized carbons (Fsp3) is 0.800. The lowest BCUT2D eigenvalue weighted by molar-refractivity contribution is -0.139. The molecule has 1 amide bonds. The van der Waals surface area contributed by atoms with Crippen LogP contribution in [0.4, 0.5) is 0 Å². The van der Waals surface area contributed by atoms with Crippen molar-refractivity contribution in [3.8, 4) is 0 Å². The zero-order valence-corrected chi connectivity index (χ0v) is 11.6. The third-order valence-corrected chi connectivity index (χ3v) is 4.61. The van der Waals surface area contributed by atoms with E-state index < -0.39 is 0 Å². The molecule has 1 aliphatic carbocycles. The van der Waals surface area contributed by atoms with Gasteiger partial charge in [0.1, 0.15) is 0 Å². The standard InChI is InChI=1S/C15H26N2O/c1-3-12-17(13-8-5-6-9-13)14(18)15(4-2)10-7-11-16-15/h3,13,16H,1,4-12H2,2H3. The smallest absolute Gasteiger partial charge is 0.243 e. The fourth-order valence-electron chi connectivity index (χ4n) is 3.47. The minimum absolute atomic E-state index is 0.286. The van der Waals surface area contributed by atoms with Crippen LogP contribution in [0.3, 0.4) is 0 Å². The number of hydrogen-bond donors (Lipinski definition) is 1. The third-order valence-electron chi connectivity index (χ3n) is 4.61. The van der Waals surface area contributed by atoms with Gasteiger partial charge in [-0.05, 0) is 38.6 Å². The molecule has 1 aliphatic heterocycles. The number of amides is 1. The Morgan fingerprint density at radius 1 is 1.44 bits per heavy atom. The first-order chi connectivity index (χ1) is 8.73. The molecule has 1 saturated carbocycles. The third kappa shape index (κ3) is 2.46. The van der Waals surface area contributed by atoms with E-state index in [0.717, 1.165) is 25.8 Å². The molecule has 2 fully saturated rings. The number of carbonyl (C=O) groups is 1. The second-order valence-corrected chi connectivity index (χ2v) is 5.65. The first kappa shape index (κ1) is 13.6. The summed E-state index contributed by atoms with van der Waals surface area (Å²) in [4.78, 5) is 15.0. The molecule has 0 aromatic carbocycles. The van der Waals surface area contributed by atoms with Gasteiger partial charge in [0.05, 0.1) is 5.54 Å². The Morgan fingerprint density at radius 2 is 2.17 bits per heavy atom. The molecule has 3 nitrogen and oxygen atoms in total. The lowest BCUT2D eigenvalue weighted by Gasteiger charge is -2.37. The summed E-state index contributed by atoms with van der Waals surface area (Å²) in [5.74, 6) is 0.314. The number of carbonyl (C=O) groups excluding carboxylic acids is 1.